The van der Waals surface area contributed by atoms with Crippen molar-refractivity contribution in [2.24, 2.45) is 0 Å². The lowest BCUT2D eigenvalue weighted by Crippen LogP contribution is -2.23. The van der Waals surface area contributed by atoms with E-state index in [0.717, 1.165) is 29.6 Å². The predicted molar refractivity (Wildman–Crippen MR) is 83.7 cm³/mol. The molecule has 0 atom stereocenters. The van der Waals surface area contributed by atoms with Crippen LogP contribution in [-0.2, 0) is 12.4 Å². The molecule has 6 heteroatoms. The van der Waals surface area contributed by atoms with Gasteiger partial charge in [0, 0.05) is 23.0 Å². The van der Waals surface area contributed by atoms with Gasteiger partial charge >= 0.3 is 0 Å². The van der Waals surface area contributed by atoms with Crippen LogP contribution in [0.15, 0.2) is 29.1 Å². The van der Waals surface area contributed by atoms with Crippen molar-refractivity contribution < 1.29 is 0 Å². The van der Waals surface area contributed by atoms with Gasteiger partial charge < -0.3 is 4.90 Å². The number of nitrogens with zero attached hydrogens (tertiary/aromatic N) is 3. The first-order chi connectivity index (χ1) is 9.33. The fraction of sp³-hybridized carbons (Fsp3) is 0.308. The zero-order valence-electron chi connectivity index (χ0n) is 10.5. The largest absolute Gasteiger partial charge is 0.350 e. The molecule has 0 unspecified atom stereocenters. The fourth-order valence-corrected chi connectivity index (χ4v) is 3.82. The summed E-state index contributed by atoms with van der Waals surface area (Å²) in [5.74, 6) is 1.49. The van der Waals surface area contributed by atoms with Crippen molar-refractivity contribution in [2.45, 2.75) is 19.3 Å². The molecule has 3 aromatic rings. The summed E-state index contributed by atoms with van der Waals surface area (Å²) in [5, 5.41) is 4.15. The number of fused-ring (bicyclic) bond motifs is 1. The third-order valence-electron chi connectivity index (χ3n) is 3.07. The van der Waals surface area contributed by atoms with Gasteiger partial charge in [-0.15, -0.1) is 34.3 Å². The van der Waals surface area contributed by atoms with Crippen LogP contribution in [0.1, 0.15) is 17.5 Å². The van der Waals surface area contributed by atoms with E-state index in [0.29, 0.717) is 5.88 Å². The maximum Gasteiger partial charge on any atom is 0.195 e. The Labute approximate surface area is 125 Å². The average molecular weight is 312 g/mol. The van der Waals surface area contributed by atoms with E-state index in [9.17, 15) is 0 Å². The van der Waals surface area contributed by atoms with E-state index in [-0.39, 0.29) is 0 Å². The van der Waals surface area contributed by atoms with E-state index in [1.165, 1.54) is 4.88 Å². The molecular formula is C13H14ClN3S2. The SMILES string of the molecule is CCN(Cc1cccs1)c1nc2sccn2c1CCl. The van der Waals surface area contributed by atoms with Gasteiger partial charge in [-0.3, -0.25) is 4.40 Å². The van der Waals surface area contributed by atoms with Gasteiger partial charge in [-0.05, 0) is 18.4 Å². The van der Waals surface area contributed by atoms with Gasteiger partial charge in [-0.1, -0.05) is 6.07 Å². The molecule has 0 aromatic carbocycles. The normalized spacial score (nSPS) is 11.3. The minimum Gasteiger partial charge on any atom is -0.350 e. The number of imidazole rings is 1. The Morgan fingerprint density at radius 3 is 2.95 bits per heavy atom. The molecule has 3 heterocycles. The number of aromatic nitrogens is 2. The number of alkyl halides is 1. The molecule has 0 aliphatic heterocycles. The monoisotopic (exact) mass is 311 g/mol. The number of hydrogen-bond acceptors (Lipinski definition) is 4. The maximum atomic E-state index is 6.11. The fourth-order valence-electron chi connectivity index (χ4n) is 2.13. The lowest BCUT2D eigenvalue weighted by Gasteiger charge is -2.20. The van der Waals surface area contributed by atoms with Crippen molar-refractivity contribution in [1.29, 1.82) is 0 Å². The number of thiophene rings is 1. The molecule has 0 amide bonds. The van der Waals surface area contributed by atoms with Crippen LogP contribution in [0.2, 0.25) is 0 Å². The molecule has 0 aliphatic carbocycles. The second kappa shape index (κ2) is 5.53. The lowest BCUT2D eigenvalue weighted by molar-refractivity contribution is 0.821. The summed E-state index contributed by atoms with van der Waals surface area (Å²) < 4.78 is 2.09. The van der Waals surface area contributed by atoms with E-state index in [1.54, 1.807) is 22.7 Å². The summed E-state index contributed by atoms with van der Waals surface area (Å²) in [5.41, 5.74) is 1.08. The molecule has 0 saturated carbocycles. The number of rotatable bonds is 5. The molecule has 3 rings (SSSR count). The van der Waals surface area contributed by atoms with Gasteiger partial charge in [0.25, 0.3) is 0 Å². The van der Waals surface area contributed by atoms with Gasteiger partial charge in [0.2, 0.25) is 0 Å². The summed E-state index contributed by atoms with van der Waals surface area (Å²) in [4.78, 5) is 9.36. The molecule has 100 valence electrons. The first-order valence-electron chi connectivity index (χ1n) is 6.11. The molecule has 0 bridgehead atoms. The topological polar surface area (TPSA) is 20.5 Å². The van der Waals surface area contributed by atoms with Crippen LogP contribution in [0.5, 0.6) is 0 Å². The van der Waals surface area contributed by atoms with E-state index in [4.69, 9.17) is 16.6 Å². The molecule has 0 spiro atoms. The Bertz CT molecular complexity index is 657. The lowest BCUT2D eigenvalue weighted by atomic mass is 10.3. The summed E-state index contributed by atoms with van der Waals surface area (Å²) in [6.07, 6.45) is 2.03. The van der Waals surface area contributed by atoms with Crippen molar-refractivity contribution in [3.8, 4) is 0 Å². The van der Waals surface area contributed by atoms with Gasteiger partial charge in [0.15, 0.2) is 10.8 Å². The minimum absolute atomic E-state index is 0.480. The van der Waals surface area contributed by atoms with Gasteiger partial charge in [-0.2, -0.15) is 0 Å². The van der Waals surface area contributed by atoms with Crippen LogP contribution in [0, 0.1) is 0 Å². The molecule has 0 fully saturated rings. The second-order valence-corrected chi connectivity index (χ2v) is 6.34. The number of halogens is 1. The smallest absolute Gasteiger partial charge is 0.195 e. The first kappa shape index (κ1) is 13.0. The van der Waals surface area contributed by atoms with E-state index in [2.05, 4.69) is 33.7 Å². The van der Waals surface area contributed by atoms with Crippen LogP contribution in [0.25, 0.3) is 4.96 Å². The average Bonchev–Trinajstić information content (AvgIpc) is 3.11. The quantitative estimate of drug-likeness (QED) is 0.658. The minimum atomic E-state index is 0.480. The molecule has 0 aliphatic rings. The zero-order valence-corrected chi connectivity index (χ0v) is 12.9. The van der Waals surface area contributed by atoms with Crippen molar-refractivity contribution in [1.82, 2.24) is 9.38 Å². The van der Waals surface area contributed by atoms with Gasteiger partial charge in [0.05, 0.1) is 18.1 Å². The maximum absolute atomic E-state index is 6.11. The Morgan fingerprint density at radius 1 is 1.37 bits per heavy atom. The highest BCUT2D eigenvalue weighted by atomic mass is 35.5. The summed E-state index contributed by atoms with van der Waals surface area (Å²) >= 11 is 9.53. The van der Waals surface area contributed by atoms with Gasteiger partial charge in [0.1, 0.15) is 0 Å². The molecule has 19 heavy (non-hydrogen) atoms. The zero-order chi connectivity index (χ0) is 13.2. The van der Waals surface area contributed by atoms with Crippen molar-refractivity contribution >= 4 is 45.1 Å². The Kier molecular flexibility index (Phi) is 3.77. The predicted octanol–water partition coefficient (Wildman–Crippen LogP) is 4.22. The van der Waals surface area contributed by atoms with Crippen LogP contribution >= 0.6 is 34.3 Å². The summed E-state index contributed by atoms with van der Waals surface area (Å²) in [7, 11) is 0. The molecule has 0 radical (unpaired) electrons. The van der Waals surface area contributed by atoms with Crippen LogP contribution in [-0.4, -0.2) is 15.9 Å². The van der Waals surface area contributed by atoms with E-state index < -0.39 is 0 Å². The highest BCUT2D eigenvalue weighted by molar-refractivity contribution is 7.15. The Balaban J connectivity index is 1.98. The highest BCUT2D eigenvalue weighted by Crippen LogP contribution is 2.27. The van der Waals surface area contributed by atoms with Crippen LogP contribution < -0.4 is 4.90 Å². The highest BCUT2D eigenvalue weighted by Gasteiger charge is 2.17. The van der Waals surface area contributed by atoms with E-state index in [1.807, 2.05) is 11.6 Å². The molecule has 0 saturated heterocycles. The molecule has 3 aromatic heterocycles. The molecule has 0 N–H and O–H groups in total. The molecule has 3 nitrogen and oxygen atoms in total. The second-order valence-electron chi connectivity index (χ2n) is 4.16. The van der Waals surface area contributed by atoms with Crippen molar-refractivity contribution in [3.05, 3.63) is 39.7 Å². The first-order valence-corrected chi connectivity index (χ1v) is 8.40. The standard InChI is InChI=1S/C13H14ClN3S2/c1-2-16(9-10-4-3-6-18-10)12-11(8-14)17-5-7-19-13(17)15-12/h3-7H,2,8-9H2,1H3. The number of anilines is 1. The van der Waals surface area contributed by atoms with Crippen LogP contribution in [0.4, 0.5) is 5.82 Å². The number of hydrogen-bond donors (Lipinski definition) is 0. The molecular weight excluding hydrogens is 298 g/mol. The summed E-state index contributed by atoms with van der Waals surface area (Å²) in [6.45, 7) is 3.97. The van der Waals surface area contributed by atoms with Crippen molar-refractivity contribution in [3.63, 3.8) is 0 Å². The number of thiazole rings is 1. The third-order valence-corrected chi connectivity index (χ3v) is 4.95. The Hall–Kier alpha value is -1.04. The van der Waals surface area contributed by atoms with Crippen LogP contribution in [0.3, 0.4) is 0 Å². The van der Waals surface area contributed by atoms with E-state index >= 15 is 0 Å². The van der Waals surface area contributed by atoms with Gasteiger partial charge in [-0.25, -0.2) is 4.98 Å². The third kappa shape index (κ3) is 2.38. The summed E-state index contributed by atoms with van der Waals surface area (Å²) in [6, 6.07) is 4.24. The van der Waals surface area contributed by atoms with Crippen molar-refractivity contribution in [2.75, 3.05) is 11.4 Å². The Morgan fingerprint density at radius 2 is 2.26 bits per heavy atom.